The van der Waals surface area contributed by atoms with Crippen molar-refractivity contribution in [2.75, 3.05) is 31.1 Å². The average Bonchev–Trinajstić information content (AvgIpc) is 3.34. The van der Waals surface area contributed by atoms with Crippen LogP contribution in [0.3, 0.4) is 0 Å². The molecular formula is C19H21FN4O2. The van der Waals surface area contributed by atoms with Gasteiger partial charge in [-0.2, -0.15) is 0 Å². The van der Waals surface area contributed by atoms with E-state index in [-0.39, 0.29) is 17.6 Å². The Balaban J connectivity index is 1.39. The molecule has 0 spiro atoms. The van der Waals surface area contributed by atoms with E-state index in [1.807, 2.05) is 6.07 Å². The number of ether oxygens (including phenoxy) is 1. The largest absolute Gasteiger partial charge is 0.472 e. The second-order valence-corrected chi connectivity index (χ2v) is 6.67. The number of rotatable bonds is 4. The number of anilines is 1. The molecule has 0 N–H and O–H groups in total. The summed E-state index contributed by atoms with van der Waals surface area (Å²) in [5, 5.41) is 0. The van der Waals surface area contributed by atoms with E-state index in [0.29, 0.717) is 25.4 Å². The highest BCUT2D eigenvalue weighted by atomic mass is 19.1. The number of hydrogen-bond donors (Lipinski definition) is 0. The number of amides is 1. The van der Waals surface area contributed by atoms with Gasteiger partial charge in [0, 0.05) is 32.1 Å². The van der Waals surface area contributed by atoms with Gasteiger partial charge in [0.1, 0.15) is 24.1 Å². The molecule has 4 rings (SSSR count). The Morgan fingerprint density at radius 1 is 1.15 bits per heavy atom. The molecule has 0 aliphatic carbocycles. The normalized spacial score (nSPS) is 19.8. The Kier molecular flexibility index (Phi) is 4.69. The first-order chi connectivity index (χ1) is 12.7. The fourth-order valence-electron chi connectivity index (χ4n) is 3.50. The molecule has 1 aromatic heterocycles. The second-order valence-electron chi connectivity index (χ2n) is 6.67. The summed E-state index contributed by atoms with van der Waals surface area (Å²) in [6.07, 6.45) is 4.42. The van der Waals surface area contributed by atoms with Crippen LogP contribution in [0.15, 0.2) is 36.7 Å². The van der Waals surface area contributed by atoms with E-state index < -0.39 is 5.82 Å². The summed E-state index contributed by atoms with van der Waals surface area (Å²) >= 11 is 0. The number of hydrogen-bond acceptors (Lipinski definition) is 5. The third-order valence-electron chi connectivity index (χ3n) is 4.88. The lowest BCUT2D eigenvalue weighted by atomic mass is 10.2. The third-order valence-corrected chi connectivity index (χ3v) is 4.88. The SMILES string of the molecule is O=C(c1ccccc1F)N1CCC(Oc2cc(N3CCCC3)ncn2)C1. The fourth-order valence-corrected chi connectivity index (χ4v) is 3.50. The van der Waals surface area contributed by atoms with Crippen LogP contribution in [0.2, 0.25) is 0 Å². The number of aromatic nitrogens is 2. The summed E-state index contributed by atoms with van der Waals surface area (Å²) in [4.78, 5) is 24.9. The van der Waals surface area contributed by atoms with Gasteiger partial charge in [-0.25, -0.2) is 14.4 Å². The predicted molar refractivity (Wildman–Crippen MR) is 94.8 cm³/mol. The predicted octanol–water partition coefficient (Wildman–Crippen LogP) is 2.51. The molecule has 1 atom stereocenters. The smallest absolute Gasteiger partial charge is 0.256 e. The molecule has 2 saturated heterocycles. The zero-order chi connectivity index (χ0) is 17.9. The summed E-state index contributed by atoms with van der Waals surface area (Å²) in [6.45, 7) is 2.98. The Bertz CT molecular complexity index is 795. The molecule has 1 aromatic carbocycles. The van der Waals surface area contributed by atoms with Crippen molar-refractivity contribution in [1.29, 1.82) is 0 Å². The van der Waals surface area contributed by atoms with Crippen LogP contribution in [-0.2, 0) is 0 Å². The molecule has 2 aromatic rings. The lowest BCUT2D eigenvalue weighted by molar-refractivity contribution is 0.0766. The topological polar surface area (TPSA) is 58.6 Å². The minimum absolute atomic E-state index is 0.103. The van der Waals surface area contributed by atoms with Crippen molar-refractivity contribution in [2.45, 2.75) is 25.4 Å². The van der Waals surface area contributed by atoms with E-state index in [4.69, 9.17) is 4.74 Å². The van der Waals surface area contributed by atoms with E-state index in [9.17, 15) is 9.18 Å². The van der Waals surface area contributed by atoms with Gasteiger partial charge in [-0.1, -0.05) is 12.1 Å². The first-order valence-electron chi connectivity index (χ1n) is 8.98. The fraction of sp³-hybridized carbons (Fsp3) is 0.421. The lowest BCUT2D eigenvalue weighted by Crippen LogP contribution is -2.31. The molecule has 2 aliphatic rings. The molecule has 7 heteroatoms. The van der Waals surface area contributed by atoms with E-state index in [1.165, 1.54) is 31.3 Å². The zero-order valence-electron chi connectivity index (χ0n) is 14.5. The molecule has 6 nitrogen and oxygen atoms in total. The molecule has 3 heterocycles. The van der Waals surface area contributed by atoms with Gasteiger partial charge in [-0.3, -0.25) is 4.79 Å². The van der Waals surface area contributed by atoms with Crippen molar-refractivity contribution in [3.63, 3.8) is 0 Å². The molecule has 26 heavy (non-hydrogen) atoms. The van der Waals surface area contributed by atoms with Crippen LogP contribution in [0, 0.1) is 5.82 Å². The molecule has 1 amide bonds. The Hall–Kier alpha value is -2.70. The van der Waals surface area contributed by atoms with Crippen LogP contribution in [-0.4, -0.2) is 53.1 Å². The van der Waals surface area contributed by atoms with Crippen LogP contribution in [0.25, 0.3) is 0 Å². The maximum absolute atomic E-state index is 13.8. The Morgan fingerprint density at radius 3 is 2.77 bits per heavy atom. The van der Waals surface area contributed by atoms with Crippen LogP contribution >= 0.6 is 0 Å². The van der Waals surface area contributed by atoms with Crippen LogP contribution in [0.4, 0.5) is 10.2 Å². The minimum Gasteiger partial charge on any atom is -0.472 e. The first kappa shape index (κ1) is 16.8. The quantitative estimate of drug-likeness (QED) is 0.842. The standard InChI is InChI=1S/C19H21FN4O2/c20-16-6-2-1-5-15(16)19(25)24-10-7-14(12-24)26-18-11-17(21-13-22-18)23-8-3-4-9-23/h1-2,5-6,11,13-14H,3-4,7-10,12H2. The Morgan fingerprint density at radius 2 is 1.96 bits per heavy atom. The average molecular weight is 356 g/mol. The van der Waals surface area contributed by atoms with Gasteiger partial charge >= 0.3 is 0 Å². The van der Waals surface area contributed by atoms with Gasteiger partial charge in [0.2, 0.25) is 5.88 Å². The van der Waals surface area contributed by atoms with Crippen molar-refractivity contribution in [1.82, 2.24) is 14.9 Å². The minimum atomic E-state index is -0.493. The number of carbonyl (C=O) groups excluding carboxylic acids is 1. The van der Waals surface area contributed by atoms with Gasteiger partial charge in [-0.15, -0.1) is 0 Å². The van der Waals surface area contributed by atoms with E-state index in [1.54, 1.807) is 17.0 Å². The van der Waals surface area contributed by atoms with Crippen LogP contribution in [0.1, 0.15) is 29.6 Å². The summed E-state index contributed by atoms with van der Waals surface area (Å²) in [5.74, 6) is 0.611. The van der Waals surface area contributed by atoms with Crippen LogP contribution in [0.5, 0.6) is 5.88 Å². The van der Waals surface area contributed by atoms with Gasteiger partial charge in [0.25, 0.3) is 5.91 Å². The monoisotopic (exact) mass is 356 g/mol. The van der Waals surface area contributed by atoms with Gasteiger partial charge in [0.05, 0.1) is 12.1 Å². The van der Waals surface area contributed by atoms with Gasteiger partial charge in [0.15, 0.2) is 0 Å². The van der Waals surface area contributed by atoms with Crippen LogP contribution < -0.4 is 9.64 Å². The number of benzene rings is 1. The van der Waals surface area contributed by atoms with E-state index in [2.05, 4.69) is 14.9 Å². The highest BCUT2D eigenvalue weighted by Gasteiger charge is 2.30. The summed E-state index contributed by atoms with van der Waals surface area (Å²) in [5.41, 5.74) is 0.103. The van der Waals surface area contributed by atoms with Crippen molar-refractivity contribution < 1.29 is 13.9 Å². The Labute approximate surface area is 151 Å². The molecule has 1 unspecified atom stereocenters. The molecule has 136 valence electrons. The maximum Gasteiger partial charge on any atom is 0.256 e. The zero-order valence-corrected chi connectivity index (χ0v) is 14.5. The summed E-state index contributed by atoms with van der Waals surface area (Å²) in [7, 11) is 0. The van der Waals surface area contributed by atoms with Crippen molar-refractivity contribution >= 4 is 11.7 Å². The first-order valence-corrected chi connectivity index (χ1v) is 8.98. The lowest BCUT2D eigenvalue weighted by Gasteiger charge is -2.19. The molecule has 0 bridgehead atoms. The second kappa shape index (κ2) is 7.27. The number of carbonyl (C=O) groups is 1. The number of nitrogens with zero attached hydrogens (tertiary/aromatic N) is 4. The van der Waals surface area contributed by atoms with Gasteiger partial charge < -0.3 is 14.5 Å². The summed E-state index contributed by atoms with van der Waals surface area (Å²) < 4.78 is 19.8. The van der Waals surface area contributed by atoms with Crippen molar-refractivity contribution in [2.24, 2.45) is 0 Å². The molecular weight excluding hydrogens is 335 g/mol. The molecule has 0 saturated carbocycles. The van der Waals surface area contributed by atoms with Crippen molar-refractivity contribution in [3.8, 4) is 5.88 Å². The van der Waals surface area contributed by atoms with Gasteiger partial charge in [-0.05, 0) is 25.0 Å². The molecule has 0 radical (unpaired) electrons. The van der Waals surface area contributed by atoms with Crippen molar-refractivity contribution in [3.05, 3.63) is 48.0 Å². The molecule has 2 fully saturated rings. The molecule has 2 aliphatic heterocycles. The summed E-state index contributed by atoms with van der Waals surface area (Å²) in [6, 6.07) is 7.92. The highest BCUT2D eigenvalue weighted by Crippen LogP contribution is 2.23. The third kappa shape index (κ3) is 3.47. The van der Waals surface area contributed by atoms with E-state index in [0.717, 1.165) is 18.9 Å². The number of halogens is 1. The number of likely N-dealkylation sites (tertiary alicyclic amines) is 1. The van der Waals surface area contributed by atoms with E-state index >= 15 is 0 Å². The highest BCUT2D eigenvalue weighted by molar-refractivity contribution is 5.94. The maximum atomic E-state index is 13.8.